The van der Waals surface area contributed by atoms with Crippen LogP contribution >= 0.6 is 0 Å². The summed E-state index contributed by atoms with van der Waals surface area (Å²) in [7, 11) is 1.58. The Morgan fingerprint density at radius 1 is 0.971 bits per heavy atom. The van der Waals surface area contributed by atoms with Gasteiger partial charge in [-0.05, 0) is 36.8 Å². The lowest BCUT2D eigenvalue weighted by Gasteiger charge is -2.35. The summed E-state index contributed by atoms with van der Waals surface area (Å²) in [4.78, 5) is 52.8. The zero-order valence-corrected chi connectivity index (χ0v) is 18.9. The molecular weight excluding hydrogens is 434 g/mol. The Morgan fingerprint density at radius 2 is 1.71 bits per heavy atom. The zero-order valence-electron chi connectivity index (χ0n) is 18.9. The SMILES string of the molecule is COCCCN1C(=O)c2ccc(C(=O)N3CCN(c4cnc5ccccc5n4)CC3)cc2C1=O. The minimum atomic E-state index is -0.356. The van der Waals surface area contributed by atoms with E-state index in [2.05, 4.69) is 9.88 Å². The first-order chi connectivity index (χ1) is 16.6. The van der Waals surface area contributed by atoms with Crippen LogP contribution in [0.3, 0.4) is 0 Å². The van der Waals surface area contributed by atoms with E-state index in [1.165, 1.54) is 4.90 Å². The van der Waals surface area contributed by atoms with Crippen LogP contribution in [0.5, 0.6) is 0 Å². The molecule has 0 spiro atoms. The van der Waals surface area contributed by atoms with Crippen LogP contribution in [0, 0.1) is 0 Å². The number of benzene rings is 2. The maximum Gasteiger partial charge on any atom is 0.261 e. The molecule has 2 aromatic carbocycles. The molecule has 0 atom stereocenters. The summed E-state index contributed by atoms with van der Waals surface area (Å²) in [5.74, 6) is -0.0307. The van der Waals surface area contributed by atoms with Crippen molar-refractivity contribution in [2.45, 2.75) is 6.42 Å². The largest absolute Gasteiger partial charge is 0.385 e. The number of anilines is 1. The first-order valence-electron chi connectivity index (χ1n) is 11.3. The van der Waals surface area contributed by atoms with Crippen LogP contribution in [0.1, 0.15) is 37.5 Å². The van der Waals surface area contributed by atoms with E-state index in [4.69, 9.17) is 9.72 Å². The van der Waals surface area contributed by atoms with Crippen molar-refractivity contribution in [2.24, 2.45) is 0 Å². The van der Waals surface area contributed by atoms with E-state index in [9.17, 15) is 14.4 Å². The molecule has 1 aromatic heterocycles. The van der Waals surface area contributed by atoms with Gasteiger partial charge in [-0.1, -0.05) is 12.1 Å². The summed E-state index contributed by atoms with van der Waals surface area (Å²) < 4.78 is 5.01. The third-order valence-corrected chi connectivity index (χ3v) is 6.27. The van der Waals surface area contributed by atoms with Gasteiger partial charge in [0.25, 0.3) is 17.7 Å². The second-order valence-electron chi connectivity index (χ2n) is 8.36. The van der Waals surface area contributed by atoms with E-state index < -0.39 is 0 Å². The van der Waals surface area contributed by atoms with Crippen molar-refractivity contribution in [1.82, 2.24) is 19.8 Å². The van der Waals surface area contributed by atoms with Gasteiger partial charge in [0, 0.05) is 52.0 Å². The van der Waals surface area contributed by atoms with Crippen molar-refractivity contribution in [3.63, 3.8) is 0 Å². The number of nitrogens with zero attached hydrogens (tertiary/aromatic N) is 5. The summed E-state index contributed by atoms with van der Waals surface area (Å²) in [6.07, 6.45) is 2.33. The smallest absolute Gasteiger partial charge is 0.261 e. The number of carbonyl (C=O) groups is 3. The normalized spacial score (nSPS) is 15.9. The molecule has 0 aliphatic carbocycles. The average Bonchev–Trinajstić information content (AvgIpc) is 3.12. The van der Waals surface area contributed by atoms with Crippen molar-refractivity contribution in [1.29, 1.82) is 0 Å². The minimum Gasteiger partial charge on any atom is -0.385 e. The Hall–Kier alpha value is -3.85. The molecule has 3 aromatic rings. The summed E-state index contributed by atoms with van der Waals surface area (Å²) in [5, 5.41) is 0. The molecule has 9 heteroatoms. The molecule has 5 rings (SSSR count). The number of carbonyl (C=O) groups excluding carboxylic acids is 3. The fourth-order valence-electron chi connectivity index (χ4n) is 4.41. The van der Waals surface area contributed by atoms with Crippen molar-refractivity contribution in [3.05, 3.63) is 65.4 Å². The Bertz CT molecular complexity index is 1270. The van der Waals surface area contributed by atoms with Gasteiger partial charge in [0.15, 0.2) is 0 Å². The molecule has 0 saturated carbocycles. The fraction of sp³-hybridized carbons (Fsp3) is 0.320. The van der Waals surface area contributed by atoms with Gasteiger partial charge in [-0.2, -0.15) is 0 Å². The van der Waals surface area contributed by atoms with Crippen LogP contribution in [0.2, 0.25) is 0 Å². The number of rotatable bonds is 6. The van der Waals surface area contributed by atoms with Gasteiger partial charge in [-0.25, -0.2) is 4.98 Å². The second-order valence-corrected chi connectivity index (χ2v) is 8.36. The molecule has 3 heterocycles. The maximum absolute atomic E-state index is 13.2. The summed E-state index contributed by atoms with van der Waals surface area (Å²) in [6.45, 7) is 3.08. The number of fused-ring (bicyclic) bond motifs is 2. The number of para-hydroxylation sites is 2. The molecule has 0 unspecified atom stereocenters. The third-order valence-electron chi connectivity index (χ3n) is 6.27. The van der Waals surface area contributed by atoms with E-state index >= 15 is 0 Å². The first kappa shape index (κ1) is 22.0. The predicted molar refractivity (Wildman–Crippen MR) is 126 cm³/mol. The number of ether oxygens (including phenoxy) is 1. The van der Waals surface area contributed by atoms with Crippen LogP contribution < -0.4 is 4.90 Å². The van der Waals surface area contributed by atoms with Crippen molar-refractivity contribution < 1.29 is 19.1 Å². The lowest BCUT2D eigenvalue weighted by molar-refractivity contribution is 0.0638. The Labute approximate surface area is 196 Å². The quantitative estimate of drug-likeness (QED) is 0.412. The van der Waals surface area contributed by atoms with Gasteiger partial charge in [0.2, 0.25) is 0 Å². The molecule has 3 amide bonds. The number of imide groups is 1. The molecule has 1 saturated heterocycles. The maximum atomic E-state index is 13.2. The van der Waals surface area contributed by atoms with Gasteiger partial charge in [0.05, 0.1) is 28.4 Å². The van der Waals surface area contributed by atoms with Crippen molar-refractivity contribution in [3.8, 4) is 0 Å². The van der Waals surface area contributed by atoms with E-state index in [-0.39, 0.29) is 17.7 Å². The Balaban J connectivity index is 1.26. The van der Waals surface area contributed by atoms with E-state index in [0.29, 0.717) is 62.4 Å². The van der Waals surface area contributed by atoms with Gasteiger partial charge in [-0.3, -0.25) is 24.3 Å². The van der Waals surface area contributed by atoms with E-state index in [1.807, 2.05) is 24.3 Å². The van der Waals surface area contributed by atoms with Crippen LogP contribution in [-0.4, -0.2) is 83.9 Å². The van der Waals surface area contributed by atoms with E-state index in [1.54, 1.807) is 36.4 Å². The highest BCUT2D eigenvalue weighted by molar-refractivity contribution is 6.22. The standard InChI is InChI=1S/C25H25N5O4/c1-34-14-4-9-30-24(32)18-8-7-17(15-19(18)25(30)33)23(31)29-12-10-28(11-13-29)22-16-26-20-5-2-3-6-21(20)27-22/h2-3,5-8,15-16H,4,9-14H2,1H3. The number of hydrogen-bond acceptors (Lipinski definition) is 7. The predicted octanol–water partition coefficient (Wildman–Crippen LogP) is 2.22. The van der Waals surface area contributed by atoms with Gasteiger partial charge in [-0.15, -0.1) is 0 Å². The minimum absolute atomic E-state index is 0.148. The van der Waals surface area contributed by atoms with E-state index in [0.717, 1.165) is 16.9 Å². The highest BCUT2D eigenvalue weighted by atomic mass is 16.5. The zero-order chi connectivity index (χ0) is 23.7. The van der Waals surface area contributed by atoms with Crippen molar-refractivity contribution >= 4 is 34.6 Å². The molecule has 2 aliphatic heterocycles. The van der Waals surface area contributed by atoms with Gasteiger partial charge in [0.1, 0.15) is 5.82 Å². The molecule has 0 N–H and O–H groups in total. The summed E-state index contributed by atoms with van der Waals surface area (Å²) in [5.41, 5.74) is 2.74. The molecule has 0 radical (unpaired) electrons. The summed E-state index contributed by atoms with van der Waals surface area (Å²) in [6, 6.07) is 12.5. The number of amides is 3. The second kappa shape index (κ2) is 9.18. The molecule has 9 nitrogen and oxygen atoms in total. The molecule has 174 valence electrons. The summed E-state index contributed by atoms with van der Waals surface area (Å²) >= 11 is 0. The molecule has 1 fully saturated rings. The molecule has 34 heavy (non-hydrogen) atoms. The van der Waals surface area contributed by atoms with Crippen LogP contribution in [-0.2, 0) is 4.74 Å². The first-order valence-corrected chi connectivity index (χ1v) is 11.3. The monoisotopic (exact) mass is 459 g/mol. The molecular formula is C25H25N5O4. The molecule has 0 bridgehead atoms. The lowest BCUT2D eigenvalue weighted by Crippen LogP contribution is -2.49. The number of aromatic nitrogens is 2. The molecule has 2 aliphatic rings. The van der Waals surface area contributed by atoms with Crippen LogP contribution in [0.25, 0.3) is 11.0 Å². The van der Waals surface area contributed by atoms with Crippen molar-refractivity contribution in [2.75, 3.05) is 51.3 Å². The topological polar surface area (TPSA) is 95.9 Å². The van der Waals surface area contributed by atoms with Crippen LogP contribution in [0.4, 0.5) is 5.82 Å². The number of piperazine rings is 1. The lowest BCUT2D eigenvalue weighted by atomic mass is 10.0. The average molecular weight is 460 g/mol. The third kappa shape index (κ3) is 3.99. The fourth-order valence-corrected chi connectivity index (χ4v) is 4.41. The van der Waals surface area contributed by atoms with Crippen LogP contribution in [0.15, 0.2) is 48.7 Å². The van der Waals surface area contributed by atoms with Gasteiger partial charge < -0.3 is 14.5 Å². The van der Waals surface area contributed by atoms with Gasteiger partial charge >= 0.3 is 0 Å². The highest BCUT2D eigenvalue weighted by Crippen LogP contribution is 2.25. The Kier molecular flexibility index (Phi) is 5.93. The highest BCUT2D eigenvalue weighted by Gasteiger charge is 2.36. The Morgan fingerprint density at radius 3 is 2.47 bits per heavy atom. The number of hydrogen-bond donors (Lipinski definition) is 0. The number of methoxy groups -OCH3 is 1.